The molecular formula is C16H18Cl2N2O2. The minimum Gasteiger partial charge on any atom is -0.389 e. The van der Waals surface area contributed by atoms with Gasteiger partial charge in [0.1, 0.15) is 10.8 Å². The third-order valence-electron chi connectivity index (χ3n) is 3.04. The van der Waals surface area contributed by atoms with Gasteiger partial charge in [-0.2, -0.15) is 0 Å². The van der Waals surface area contributed by atoms with Crippen LogP contribution in [0.2, 0.25) is 10.2 Å². The number of nitrogens with zero attached hydrogens (tertiary/aromatic N) is 1. The molecule has 2 N–H and O–H groups in total. The molecule has 0 atom stereocenters. The molecule has 4 nitrogen and oxygen atoms in total. The summed E-state index contributed by atoms with van der Waals surface area (Å²) in [6.07, 6.45) is 0. The smallest absolute Gasteiger partial charge is 0.270 e. The molecule has 6 heteroatoms. The second kappa shape index (κ2) is 6.73. The van der Waals surface area contributed by atoms with Crippen molar-refractivity contribution in [3.63, 3.8) is 0 Å². The van der Waals surface area contributed by atoms with Crippen LogP contribution in [0, 0.1) is 0 Å². The molecule has 0 unspecified atom stereocenters. The van der Waals surface area contributed by atoms with Crippen LogP contribution >= 0.6 is 23.2 Å². The molecule has 22 heavy (non-hydrogen) atoms. The number of nitrogens with one attached hydrogen (secondary N) is 1. The highest BCUT2D eigenvalue weighted by atomic mass is 35.5. The molecule has 1 amide bonds. The molecule has 0 fully saturated rings. The van der Waals surface area contributed by atoms with Gasteiger partial charge < -0.3 is 15.0 Å². The first kappa shape index (κ1) is 16.9. The molecule has 0 saturated heterocycles. The average molecular weight is 341 g/mol. The number of hydrogen-bond donors (Lipinski definition) is 2. The Labute approximate surface area is 139 Å². The number of H-pyrrole nitrogens is 1. The summed E-state index contributed by atoms with van der Waals surface area (Å²) in [4.78, 5) is 17.0. The maximum absolute atomic E-state index is 12.7. The van der Waals surface area contributed by atoms with Crippen LogP contribution in [0.4, 0.5) is 0 Å². The van der Waals surface area contributed by atoms with E-state index < -0.39 is 5.60 Å². The van der Waals surface area contributed by atoms with Crippen molar-refractivity contribution < 1.29 is 9.90 Å². The van der Waals surface area contributed by atoms with Crippen molar-refractivity contribution in [2.45, 2.75) is 26.0 Å². The zero-order valence-electron chi connectivity index (χ0n) is 12.4. The van der Waals surface area contributed by atoms with Crippen molar-refractivity contribution in [1.82, 2.24) is 9.88 Å². The molecule has 0 aliphatic carbocycles. The van der Waals surface area contributed by atoms with E-state index in [4.69, 9.17) is 23.2 Å². The van der Waals surface area contributed by atoms with Gasteiger partial charge in [0, 0.05) is 13.1 Å². The summed E-state index contributed by atoms with van der Waals surface area (Å²) in [5.74, 6) is -0.264. The predicted octanol–water partition coefficient (Wildman–Crippen LogP) is 3.73. The van der Waals surface area contributed by atoms with Crippen LogP contribution in [-0.4, -0.2) is 33.0 Å². The molecule has 1 aromatic heterocycles. The van der Waals surface area contributed by atoms with E-state index in [9.17, 15) is 9.90 Å². The number of benzene rings is 1. The molecule has 1 aromatic carbocycles. The number of hydrogen-bond acceptors (Lipinski definition) is 2. The van der Waals surface area contributed by atoms with Crippen LogP contribution in [0.15, 0.2) is 36.4 Å². The van der Waals surface area contributed by atoms with E-state index in [0.29, 0.717) is 17.3 Å². The maximum Gasteiger partial charge on any atom is 0.270 e. The van der Waals surface area contributed by atoms with E-state index in [-0.39, 0.29) is 17.6 Å². The van der Waals surface area contributed by atoms with E-state index in [1.165, 1.54) is 6.07 Å². The fourth-order valence-electron chi connectivity index (χ4n) is 2.16. The van der Waals surface area contributed by atoms with Gasteiger partial charge in [-0.25, -0.2) is 0 Å². The lowest BCUT2D eigenvalue weighted by Crippen LogP contribution is -2.42. The lowest BCUT2D eigenvalue weighted by Gasteiger charge is -2.29. The molecule has 1 heterocycles. The Morgan fingerprint density at radius 3 is 2.41 bits per heavy atom. The molecule has 0 bridgehead atoms. The van der Waals surface area contributed by atoms with Crippen LogP contribution in [0.25, 0.3) is 0 Å². The summed E-state index contributed by atoms with van der Waals surface area (Å²) in [5, 5.41) is 10.6. The summed E-state index contributed by atoms with van der Waals surface area (Å²) in [6, 6.07) is 11.1. The molecule has 0 saturated carbocycles. The standard InChI is InChI=1S/C16H18Cl2N2O2/c1-16(2,22)10-20(9-11-6-4-3-5-7-11)15(21)13-8-12(17)14(18)19-13/h3-8,19,22H,9-10H2,1-2H3. The third-order valence-corrected chi connectivity index (χ3v) is 3.73. The van der Waals surface area contributed by atoms with E-state index >= 15 is 0 Å². The highest BCUT2D eigenvalue weighted by molar-refractivity contribution is 6.41. The Morgan fingerprint density at radius 2 is 1.91 bits per heavy atom. The number of amides is 1. The molecule has 0 radical (unpaired) electrons. The fraction of sp³-hybridized carbons (Fsp3) is 0.312. The third kappa shape index (κ3) is 4.50. The minimum atomic E-state index is -1.01. The Kier molecular flexibility index (Phi) is 5.16. The molecule has 0 aliphatic rings. The van der Waals surface area contributed by atoms with E-state index in [2.05, 4.69) is 4.98 Å². The first-order valence-corrected chi connectivity index (χ1v) is 7.61. The van der Waals surface area contributed by atoms with Gasteiger partial charge in [0.25, 0.3) is 5.91 Å². The van der Waals surface area contributed by atoms with Crippen LogP contribution in [0.3, 0.4) is 0 Å². The van der Waals surface area contributed by atoms with Crippen molar-refractivity contribution in [3.8, 4) is 0 Å². The van der Waals surface area contributed by atoms with Crippen LogP contribution in [-0.2, 0) is 6.54 Å². The van der Waals surface area contributed by atoms with E-state index in [1.54, 1.807) is 18.7 Å². The van der Waals surface area contributed by atoms with Gasteiger partial charge in [0.05, 0.1) is 10.6 Å². The monoisotopic (exact) mass is 340 g/mol. The SMILES string of the molecule is CC(C)(O)CN(Cc1ccccc1)C(=O)c1cc(Cl)c(Cl)[nH]1. The summed E-state index contributed by atoms with van der Waals surface area (Å²) in [5.41, 5.74) is 0.268. The van der Waals surface area contributed by atoms with Crippen LogP contribution < -0.4 is 0 Å². The Bertz CT molecular complexity index is 628. The molecule has 118 valence electrons. The predicted molar refractivity (Wildman–Crippen MR) is 88.3 cm³/mol. The lowest BCUT2D eigenvalue weighted by molar-refractivity contribution is 0.0277. The Hall–Kier alpha value is -1.49. The molecule has 0 aliphatic heterocycles. The van der Waals surface area contributed by atoms with Crippen LogP contribution in [0.1, 0.15) is 29.9 Å². The zero-order chi connectivity index (χ0) is 16.3. The minimum absolute atomic E-state index is 0.189. The molecule has 0 spiro atoms. The number of carbonyl (C=O) groups is 1. The number of aliphatic hydroxyl groups is 1. The fourth-order valence-corrected chi connectivity index (χ4v) is 2.47. The average Bonchev–Trinajstić information content (AvgIpc) is 2.77. The normalized spacial score (nSPS) is 11.5. The lowest BCUT2D eigenvalue weighted by atomic mass is 10.1. The Balaban J connectivity index is 2.25. The molecular weight excluding hydrogens is 323 g/mol. The van der Waals surface area contributed by atoms with Crippen molar-refractivity contribution >= 4 is 29.1 Å². The van der Waals surface area contributed by atoms with Crippen molar-refractivity contribution in [3.05, 3.63) is 57.8 Å². The van der Waals surface area contributed by atoms with Gasteiger partial charge in [-0.05, 0) is 25.5 Å². The summed E-state index contributed by atoms with van der Waals surface area (Å²) >= 11 is 11.8. The van der Waals surface area contributed by atoms with Crippen molar-refractivity contribution in [2.24, 2.45) is 0 Å². The maximum atomic E-state index is 12.7. The highest BCUT2D eigenvalue weighted by Crippen LogP contribution is 2.23. The second-order valence-electron chi connectivity index (χ2n) is 5.80. The van der Waals surface area contributed by atoms with E-state index in [0.717, 1.165) is 5.56 Å². The van der Waals surface area contributed by atoms with Gasteiger partial charge in [0.15, 0.2) is 0 Å². The largest absolute Gasteiger partial charge is 0.389 e. The van der Waals surface area contributed by atoms with Crippen molar-refractivity contribution in [1.29, 1.82) is 0 Å². The van der Waals surface area contributed by atoms with Gasteiger partial charge >= 0.3 is 0 Å². The van der Waals surface area contributed by atoms with E-state index in [1.807, 2.05) is 30.3 Å². The molecule has 2 aromatic rings. The Morgan fingerprint density at radius 1 is 1.27 bits per heavy atom. The highest BCUT2D eigenvalue weighted by Gasteiger charge is 2.25. The van der Waals surface area contributed by atoms with Gasteiger partial charge in [-0.1, -0.05) is 53.5 Å². The first-order chi connectivity index (χ1) is 10.3. The summed E-state index contributed by atoms with van der Waals surface area (Å²) < 4.78 is 0. The topological polar surface area (TPSA) is 56.3 Å². The number of halogens is 2. The van der Waals surface area contributed by atoms with Gasteiger partial charge in [-0.15, -0.1) is 0 Å². The van der Waals surface area contributed by atoms with Crippen molar-refractivity contribution in [2.75, 3.05) is 6.54 Å². The van der Waals surface area contributed by atoms with Crippen LogP contribution in [0.5, 0.6) is 0 Å². The number of carbonyl (C=O) groups excluding carboxylic acids is 1. The second-order valence-corrected chi connectivity index (χ2v) is 6.59. The number of aromatic nitrogens is 1. The number of aromatic amines is 1. The van der Waals surface area contributed by atoms with Gasteiger partial charge in [-0.3, -0.25) is 4.79 Å². The summed E-state index contributed by atoms with van der Waals surface area (Å²) in [7, 11) is 0. The first-order valence-electron chi connectivity index (χ1n) is 6.86. The number of rotatable bonds is 5. The summed E-state index contributed by atoms with van der Waals surface area (Å²) in [6.45, 7) is 3.90. The quantitative estimate of drug-likeness (QED) is 0.871. The zero-order valence-corrected chi connectivity index (χ0v) is 13.9. The van der Waals surface area contributed by atoms with Gasteiger partial charge in [0.2, 0.25) is 0 Å². The molecule has 2 rings (SSSR count).